The number of carboxylic acids is 1. The van der Waals surface area contributed by atoms with Gasteiger partial charge in [-0.15, -0.1) is 0 Å². The molecule has 1 aromatic heterocycles. The zero-order valence-electron chi connectivity index (χ0n) is 10.9. The second-order valence-corrected chi connectivity index (χ2v) is 4.69. The van der Waals surface area contributed by atoms with Crippen LogP contribution in [0.5, 0.6) is 5.88 Å². The number of halogens is 1. The second-order valence-electron chi connectivity index (χ2n) is 4.69. The predicted octanol–water partition coefficient (Wildman–Crippen LogP) is 2.48. The SMILES string of the molecule is Cc1cccc(F)c1-c1nn2c(c1C(=O)O)OCCC2. The van der Waals surface area contributed by atoms with Crippen molar-refractivity contribution in [2.75, 3.05) is 6.61 Å². The molecule has 0 fully saturated rings. The first kappa shape index (κ1) is 12.7. The number of rotatable bonds is 2. The van der Waals surface area contributed by atoms with Crippen molar-refractivity contribution in [2.24, 2.45) is 0 Å². The fourth-order valence-corrected chi connectivity index (χ4v) is 2.43. The normalized spacial score (nSPS) is 13.7. The summed E-state index contributed by atoms with van der Waals surface area (Å²) in [7, 11) is 0. The molecule has 0 saturated heterocycles. The lowest BCUT2D eigenvalue weighted by Crippen LogP contribution is -2.16. The van der Waals surface area contributed by atoms with Gasteiger partial charge >= 0.3 is 5.97 Å². The molecule has 0 spiro atoms. The highest BCUT2D eigenvalue weighted by atomic mass is 19.1. The largest absolute Gasteiger partial charge is 0.477 e. The Morgan fingerprint density at radius 2 is 2.30 bits per heavy atom. The van der Waals surface area contributed by atoms with Gasteiger partial charge in [-0.25, -0.2) is 13.9 Å². The molecule has 0 aliphatic carbocycles. The van der Waals surface area contributed by atoms with Crippen molar-refractivity contribution in [3.05, 3.63) is 35.1 Å². The molecule has 1 aliphatic rings. The van der Waals surface area contributed by atoms with Crippen molar-refractivity contribution in [2.45, 2.75) is 19.9 Å². The summed E-state index contributed by atoms with van der Waals surface area (Å²) in [5.74, 6) is -1.44. The monoisotopic (exact) mass is 276 g/mol. The van der Waals surface area contributed by atoms with Gasteiger partial charge in [0, 0.05) is 18.5 Å². The molecule has 0 unspecified atom stereocenters. The molecule has 0 saturated carbocycles. The van der Waals surface area contributed by atoms with Gasteiger partial charge in [-0.3, -0.25) is 0 Å². The van der Waals surface area contributed by atoms with Gasteiger partial charge < -0.3 is 9.84 Å². The predicted molar refractivity (Wildman–Crippen MR) is 69.4 cm³/mol. The smallest absolute Gasteiger partial charge is 0.343 e. The van der Waals surface area contributed by atoms with E-state index in [0.717, 1.165) is 6.42 Å². The lowest BCUT2D eigenvalue weighted by molar-refractivity contribution is 0.0690. The van der Waals surface area contributed by atoms with E-state index in [2.05, 4.69) is 5.10 Å². The molecule has 2 heterocycles. The van der Waals surface area contributed by atoms with Crippen molar-refractivity contribution < 1.29 is 19.0 Å². The topological polar surface area (TPSA) is 64.4 Å². The number of nitrogens with zero attached hydrogens (tertiary/aromatic N) is 2. The van der Waals surface area contributed by atoms with E-state index >= 15 is 0 Å². The lowest BCUT2D eigenvalue weighted by Gasteiger charge is -2.14. The van der Waals surface area contributed by atoms with Crippen molar-refractivity contribution in [3.63, 3.8) is 0 Å². The quantitative estimate of drug-likeness (QED) is 0.915. The Bertz CT molecular complexity index is 674. The van der Waals surface area contributed by atoms with E-state index in [1.807, 2.05) is 0 Å². The Morgan fingerprint density at radius 3 is 3.00 bits per heavy atom. The van der Waals surface area contributed by atoms with Crippen LogP contribution in [0.25, 0.3) is 11.3 Å². The van der Waals surface area contributed by atoms with Crippen LogP contribution in [0, 0.1) is 12.7 Å². The third kappa shape index (κ3) is 1.84. The summed E-state index contributed by atoms with van der Waals surface area (Å²) in [5, 5.41) is 13.6. The molecule has 5 nitrogen and oxygen atoms in total. The van der Waals surface area contributed by atoms with Gasteiger partial charge in [-0.2, -0.15) is 5.10 Å². The summed E-state index contributed by atoms with van der Waals surface area (Å²) < 4.78 is 21.0. The first-order valence-electron chi connectivity index (χ1n) is 6.32. The van der Waals surface area contributed by atoms with Gasteiger partial charge in [0.05, 0.1) is 6.61 Å². The fraction of sp³-hybridized carbons (Fsp3) is 0.286. The van der Waals surface area contributed by atoms with E-state index in [1.54, 1.807) is 19.1 Å². The van der Waals surface area contributed by atoms with Gasteiger partial charge in [0.2, 0.25) is 5.88 Å². The number of hydrogen-bond donors (Lipinski definition) is 1. The number of aromatic nitrogens is 2. The molecule has 6 heteroatoms. The van der Waals surface area contributed by atoms with Crippen molar-refractivity contribution in [1.82, 2.24) is 9.78 Å². The summed E-state index contributed by atoms with van der Waals surface area (Å²) in [4.78, 5) is 11.5. The van der Waals surface area contributed by atoms with Crippen LogP contribution < -0.4 is 4.74 Å². The molecule has 1 N–H and O–H groups in total. The Balaban J connectivity index is 2.29. The first-order valence-corrected chi connectivity index (χ1v) is 6.32. The number of fused-ring (bicyclic) bond motifs is 1. The van der Waals surface area contributed by atoms with Gasteiger partial charge in [0.15, 0.2) is 0 Å². The minimum atomic E-state index is -1.16. The van der Waals surface area contributed by atoms with Crippen molar-refractivity contribution in [1.29, 1.82) is 0 Å². The van der Waals surface area contributed by atoms with Crippen LogP contribution >= 0.6 is 0 Å². The van der Waals surface area contributed by atoms with Crippen LogP contribution in [-0.2, 0) is 6.54 Å². The van der Waals surface area contributed by atoms with E-state index in [-0.39, 0.29) is 22.7 Å². The number of hydrogen-bond acceptors (Lipinski definition) is 3. The summed E-state index contributed by atoms with van der Waals surface area (Å²) >= 11 is 0. The third-order valence-electron chi connectivity index (χ3n) is 3.33. The van der Waals surface area contributed by atoms with Crippen LogP contribution in [0.4, 0.5) is 4.39 Å². The molecule has 0 bridgehead atoms. The lowest BCUT2D eigenvalue weighted by atomic mass is 10.0. The van der Waals surface area contributed by atoms with E-state index in [1.165, 1.54) is 10.7 Å². The Labute approximate surface area is 114 Å². The van der Waals surface area contributed by atoms with Crippen molar-refractivity contribution >= 4 is 5.97 Å². The van der Waals surface area contributed by atoms with Gasteiger partial charge in [0.1, 0.15) is 17.1 Å². The molecule has 0 radical (unpaired) electrons. The molecule has 0 amide bonds. The highest BCUT2D eigenvalue weighted by Crippen LogP contribution is 2.35. The number of carbonyl (C=O) groups is 1. The standard InChI is InChI=1S/C14H13FN2O3/c1-8-4-2-5-9(15)10(8)12-11(14(18)19)13-17(16-12)6-3-7-20-13/h2,4-5H,3,6-7H2,1H3,(H,18,19). The molecule has 3 rings (SSSR count). The summed E-state index contributed by atoms with van der Waals surface area (Å²) in [6.45, 7) is 2.74. The number of carboxylic acid groups (broad SMARTS) is 1. The number of ether oxygens (including phenoxy) is 1. The van der Waals surface area contributed by atoms with Crippen LogP contribution in [0.15, 0.2) is 18.2 Å². The molecule has 2 aromatic rings. The zero-order chi connectivity index (χ0) is 14.3. The fourth-order valence-electron chi connectivity index (χ4n) is 2.43. The maximum atomic E-state index is 14.1. The van der Waals surface area contributed by atoms with Gasteiger partial charge in [-0.05, 0) is 18.6 Å². The Kier molecular flexibility index (Phi) is 2.93. The van der Waals surface area contributed by atoms with E-state index in [9.17, 15) is 14.3 Å². The van der Waals surface area contributed by atoms with Crippen LogP contribution in [0.1, 0.15) is 22.3 Å². The maximum absolute atomic E-state index is 14.1. The number of aryl methyl sites for hydroxylation is 2. The summed E-state index contributed by atoms with van der Waals surface area (Å²) in [6.07, 6.45) is 0.753. The molecule has 104 valence electrons. The Hall–Kier alpha value is -2.37. The highest BCUT2D eigenvalue weighted by Gasteiger charge is 2.29. The second kappa shape index (κ2) is 4.63. The summed E-state index contributed by atoms with van der Waals surface area (Å²) in [6, 6.07) is 4.61. The zero-order valence-corrected chi connectivity index (χ0v) is 10.9. The average Bonchev–Trinajstić information content (AvgIpc) is 2.77. The van der Waals surface area contributed by atoms with E-state index in [4.69, 9.17) is 4.74 Å². The van der Waals surface area contributed by atoms with E-state index in [0.29, 0.717) is 18.7 Å². The number of aromatic carboxylic acids is 1. The van der Waals surface area contributed by atoms with Gasteiger partial charge in [-0.1, -0.05) is 12.1 Å². The molecular formula is C14H13FN2O3. The van der Waals surface area contributed by atoms with Crippen LogP contribution in [0.2, 0.25) is 0 Å². The third-order valence-corrected chi connectivity index (χ3v) is 3.33. The van der Waals surface area contributed by atoms with Crippen LogP contribution in [-0.4, -0.2) is 27.5 Å². The maximum Gasteiger partial charge on any atom is 0.343 e. The molecule has 20 heavy (non-hydrogen) atoms. The molecule has 1 aromatic carbocycles. The van der Waals surface area contributed by atoms with E-state index < -0.39 is 11.8 Å². The molecular weight excluding hydrogens is 263 g/mol. The van der Waals surface area contributed by atoms with Crippen LogP contribution in [0.3, 0.4) is 0 Å². The average molecular weight is 276 g/mol. The molecule has 1 aliphatic heterocycles. The molecule has 0 atom stereocenters. The first-order chi connectivity index (χ1) is 9.59. The Morgan fingerprint density at radius 1 is 1.50 bits per heavy atom. The van der Waals surface area contributed by atoms with Crippen molar-refractivity contribution in [3.8, 4) is 17.1 Å². The number of benzene rings is 1. The highest BCUT2D eigenvalue weighted by molar-refractivity contribution is 5.98. The van der Waals surface area contributed by atoms with Gasteiger partial charge in [0.25, 0.3) is 0 Å². The minimum absolute atomic E-state index is 0.0714. The minimum Gasteiger partial charge on any atom is -0.477 e. The summed E-state index contributed by atoms with van der Waals surface area (Å²) in [5.41, 5.74) is 0.918.